The second kappa shape index (κ2) is 4.70. The molecule has 1 aromatic heterocycles. The molecule has 1 aliphatic heterocycles. The van der Waals surface area contributed by atoms with Gasteiger partial charge < -0.3 is 14.7 Å². The minimum atomic E-state index is -0.242. The Kier molecular flexibility index (Phi) is 3.29. The van der Waals surface area contributed by atoms with Crippen LogP contribution in [0.25, 0.3) is 0 Å². The number of ether oxygens (including phenoxy) is 1. The van der Waals surface area contributed by atoms with Gasteiger partial charge in [-0.05, 0) is 32.4 Å². The number of pyridine rings is 1. The first kappa shape index (κ1) is 11.2. The van der Waals surface area contributed by atoms with E-state index in [9.17, 15) is 5.11 Å². The number of aromatic nitrogens is 1. The topological polar surface area (TPSA) is 45.6 Å². The van der Waals surface area contributed by atoms with Gasteiger partial charge in [-0.25, -0.2) is 4.98 Å². The summed E-state index contributed by atoms with van der Waals surface area (Å²) in [6.45, 7) is 5.48. The molecule has 1 aliphatic rings. The third kappa shape index (κ3) is 2.44. The van der Waals surface area contributed by atoms with Crippen molar-refractivity contribution < 1.29 is 9.84 Å². The standard InChI is InChI=1S/C12H18N2O2/c1-9(2)16-11-4-3-6-13-12(11)14-7-5-10(15)8-14/h3-4,6,9-10,15H,5,7-8H2,1-2H3/t10-/m0/s1. The van der Waals surface area contributed by atoms with Gasteiger partial charge in [0.1, 0.15) is 0 Å². The lowest BCUT2D eigenvalue weighted by molar-refractivity contribution is 0.198. The monoisotopic (exact) mass is 222 g/mol. The summed E-state index contributed by atoms with van der Waals surface area (Å²) in [5.41, 5.74) is 0. The van der Waals surface area contributed by atoms with Crippen LogP contribution in [0.5, 0.6) is 5.75 Å². The number of nitrogens with zero attached hydrogens (tertiary/aromatic N) is 2. The van der Waals surface area contributed by atoms with Crippen LogP contribution in [-0.4, -0.2) is 35.4 Å². The molecule has 1 saturated heterocycles. The first-order valence-electron chi connectivity index (χ1n) is 5.71. The molecule has 0 aromatic carbocycles. The highest BCUT2D eigenvalue weighted by atomic mass is 16.5. The Morgan fingerprint density at radius 3 is 3.00 bits per heavy atom. The van der Waals surface area contributed by atoms with E-state index < -0.39 is 0 Å². The lowest BCUT2D eigenvalue weighted by Gasteiger charge is -2.21. The zero-order valence-corrected chi connectivity index (χ0v) is 9.76. The molecule has 1 fully saturated rings. The summed E-state index contributed by atoms with van der Waals surface area (Å²) in [6, 6.07) is 3.79. The summed E-state index contributed by atoms with van der Waals surface area (Å²) in [7, 11) is 0. The van der Waals surface area contributed by atoms with Crippen LogP contribution in [0.2, 0.25) is 0 Å². The summed E-state index contributed by atoms with van der Waals surface area (Å²) >= 11 is 0. The number of rotatable bonds is 3. The molecule has 4 nitrogen and oxygen atoms in total. The van der Waals surface area contributed by atoms with Crippen LogP contribution in [0, 0.1) is 0 Å². The van der Waals surface area contributed by atoms with Gasteiger partial charge in [-0.1, -0.05) is 0 Å². The van der Waals surface area contributed by atoms with E-state index in [2.05, 4.69) is 9.88 Å². The van der Waals surface area contributed by atoms with E-state index in [4.69, 9.17) is 4.74 Å². The molecule has 4 heteroatoms. The number of anilines is 1. The molecule has 1 atom stereocenters. The molecule has 1 N–H and O–H groups in total. The molecule has 0 unspecified atom stereocenters. The molecular formula is C12H18N2O2. The normalized spacial score (nSPS) is 20.5. The van der Waals surface area contributed by atoms with Crippen molar-refractivity contribution in [2.24, 2.45) is 0 Å². The number of hydrogen-bond donors (Lipinski definition) is 1. The van der Waals surface area contributed by atoms with Gasteiger partial charge in [-0.2, -0.15) is 0 Å². The van der Waals surface area contributed by atoms with E-state index in [1.54, 1.807) is 6.20 Å². The SMILES string of the molecule is CC(C)Oc1cccnc1N1CC[C@H](O)C1. The Bertz CT molecular complexity index is 355. The van der Waals surface area contributed by atoms with Crippen molar-refractivity contribution in [3.63, 3.8) is 0 Å². The molecular weight excluding hydrogens is 204 g/mol. The molecule has 0 saturated carbocycles. The number of hydrogen-bond acceptors (Lipinski definition) is 4. The van der Waals surface area contributed by atoms with Crippen LogP contribution in [0.15, 0.2) is 18.3 Å². The van der Waals surface area contributed by atoms with Crippen molar-refractivity contribution in [1.82, 2.24) is 4.98 Å². The summed E-state index contributed by atoms with van der Waals surface area (Å²) < 4.78 is 5.71. The van der Waals surface area contributed by atoms with E-state index in [1.165, 1.54) is 0 Å². The van der Waals surface area contributed by atoms with Gasteiger partial charge in [0.05, 0.1) is 12.2 Å². The molecule has 2 heterocycles. The highest BCUT2D eigenvalue weighted by Gasteiger charge is 2.23. The number of aliphatic hydroxyl groups is 1. The van der Waals surface area contributed by atoms with E-state index in [0.29, 0.717) is 6.54 Å². The van der Waals surface area contributed by atoms with Gasteiger partial charge in [-0.15, -0.1) is 0 Å². The average molecular weight is 222 g/mol. The smallest absolute Gasteiger partial charge is 0.171 e. The largest absolute Gasteiger partial charge is 0.487 e. The zero-order chi connectivity index (χ0) is 11.5. The third-order valence-electron chi connectivity index (χ3n) is 2.58. The lowest BCUT2D eigenvalue weighted by atomic mass is 10.3. The van der Waals surface area contributed by atoms with Crippen LogP contribution < -0.4 is 9.64 Å². The molecule has 0 bridgehead atoms. The molecule has 0 radical (unpaired) electrons. The maximum atomic E-state index is 9.52. The van der Waals surface area contributed by atoms with Crippen LogP contribution in [-0.2, 0) is 0 Å². The van der Waals surface area contributed by atoms with Gasteiger partial charge in [0, 0.05) is 19.3 Å². The van der Waals surface area contributed by atoms with Crippen molar-refractivity contribution in [2.45, 2.75) is 32.5 Å². The first-order valence-corrected chi connectivity index (χ1v) is 5.71. The Labute approximate surface area is 95.9 Å². The second-order valence-corrected chi connectivity index (χ2v) is 4.38. The fourth-order valence-corrected chi connectivity index (χ4v) is 1.90. The molecule has 88 valence electrons. The van der Waals surface area contributed by atoms with Gasteiger partial charge in [0.15, 0.2) is 11.6 Å². The minimum absolute atomic E-state index is 0.135. The van der Waals surface area contributed by atoms with Crippen molar-refractivity contribution in [3.8, 4) is 5.75 Å². The highest BCUT2D eigenvalue weighted by Crippen LogP contribution is 2.28. The van der Waals surface area contributed by atoms with Crippen LogP contribution in [0.1, 0.15) is 20.3 Å². The quantitative estimate of drug-likeness (QED) is 0.840. The maximum absolute atomic E-state index is 9.52. The average Bonchev–Trinajstić information content (AvgIpc) is 2.65. The van der Waals surface area contributed by atoms with Crippen molar-refractivity contribution in [2.75, 3.05) is 18.0 Å². The summed E-state index contributed by atoms with van der Waals surface area (Å²) in [4.78, 5) is 6.41. The Morgan fingerprint density at radius 1 is 1.56 bits per heavy atom. The van der Waals surface area contributed by atoms with E-state index in [1.807, 2.05) is 26.0 Å². The molecule has 0 spiro atoms. The fraction of sp³-hybridized carbons (Fsp3) is 0.583. The second-order valence-electron chi connectivity index (χ2n) is 4.38. The van der Waals surface area contributed by atoms with Gasteiger partial charge >= 0.3 is 0 Å². The third-order valence-corrected chi connectivity index (χ3v) is 2.58. The fourth-order valence-electron chi connectivity index (χ4n) is 1.90. The Hall–Kier alpha value is -1.29. The summed E-state index contributed by atoms with van der Waals surface area (Å²) in [6.07, 6.45) is 2.45. The van der Waals surface area contributed by atoms with Crippen molar-refractivity contribution in [3.05, 3.63) is 18.3 Å². The molecule has 0 aliphatic carbocycles. The van der Waals surface area contributed by atoms with Gasteiger partial charge in [0.2, 0.25) is 0 Å². The lowest BCUT2D eigenvalue weighted by Crippen LogP contribution is -2.23. The number of aliphatic hydroxyl groups excluding tert-OH is 1. The zero-order valence-electron chi connectivity index (χ0n) is 9.76. The molecule has 1 aromatic rings. The maximum Gasteiger partial charge on any atom is 0.171 e. The van der Waals surface area contributed by atoms with Gasteiger partial charge in [0.25, 0.3) is 0 Å². The van der Waals surface area contributed by atoms with E-state index in [-0.39, 0.29) is 12.2 Å². The molecule has 16 heavy (non-hydrogen) atoms. The van der Waals surface area contributed by atoms with Crippen molar-refractivity contribution >= 4 is 5.82 Å². The predicted molar refractivity (Wildman–Crippen MR) is 62.8 cm³/mol. The Balaban J connectivity index is 2.19. The summed E-state index contributed by atoms with van der Waals surface area (Å²) in [5.74, 6) is 1.64. The van der Waals surface area contributed by atoms with E-state index >= 15 is 0 Å². The van der Waals surface area contributed by atoms with Crippen LogP contribution >= 0.6 is 0 Å². The molecule has 0 amide bonds. The number of β-amino-alcohol motifs (C(OH)–C–C–N with tert-alkyl or cyclic N) is 1. The van der Waals surface area contributed by atoms with Crippen molar-refractivity contribution in [1.29, 1.82) is 0 Å². The molecule has 2 rings (SSSR count). The highest BCUT2D eigenvalue weighted by molar-refractivity contribution is 5.52. The first-order chi connectivity index (χ1) is 7.66. The Morgan fingerprint density at radius 2 is 2.38 bits per heavy atom. The van der Waals surface area contributed by atoms with Crippen LogP contribution in [0.3, 0.4) is 0 Å². The minimum Gasteiger partial charge on any atom is -0.487 e. The predicted octanol–water partition coefficient (Wildman–Crippen LogP) is 1.44. The van der Waals surface area contributed by atoms with Crippen LogP contribution in [0.4, 0.5) is 5.82 Å². The van der Waals surface area contributed by atoms with E-state index in [0.717, 1.165) is 24.5 Å². The van der Waals surface area contributed by atoms with Gasteiger partial charge in [-0.3, -0.25) is 0 Å². The summed E-state index contributed by atoms with van der Waals surface area (Å²) in [5, 5.41) is 9.52.